The van der Waals surface area contributed by atoms with Crippen molar-refractivity contribution in [2.45, 2.75) is 32.3 Å². The number of nitrogens with zero attached hydrogens (tertiary/aromatic N) is 1. The molecule has 3 aromatic rings. The molecule has 1 N–H and O–H groups in total. The Balaban J connectivity index is 1.53. The van der Waals surface area contributed by atoms with E-state index in [4.69, 9.17) is 4.74 Å². The number of rotatable bonds is 7. The Labute approximate surface area is 147 Å². The van der Waals surface area contributed by atoms with Crippen LogP contribution in [0.2, 0.25) is 0 Å². The molecule has 4 nitrogen and oxygen atoms in total. The molecule has 0 saturated carbocycles. The number of carbonyl (C=O) groups excluding carboxylic acids is 1. The summed E-state index contributed by atoms with van der Waals surface area (Å²) in [6, 6.07) is 18.1. The van der Waals surface area contributed by atoms with Crippen molar-refractivity contribution in [3.63, 3.8) is 0 Å². The van der Waals surface area contributed by atoms with Crippen LogP contribution in [0.25, 0.3) is 0 Å². The van der Waals surface area contributed by atoms with Gasteiger partial charge in [0, 0.05) is 24.2 Å². The maximum Gasteiger partial charge on any atom is 0.306 e. The van der Waals surface area contributed by atoms with Gasteiger partial charge in [-0.1, -0.05) is 61.5 Å². The number of nitrogens with one attached hydrogen (secondary N) is 1. The average Bonchev–Trinajstić information content (AvgIpc) is 3.20. The van der Waals surface area contributed by atoms with Crippen LogP contribution in [0.5, 0.6) is 0 Å². The summed E-state index contributed by atoms with van der Waals surface area (Å²) < 4.78 is 5.42. The topological polar surface area (TPSA) is 55.0 Å². The molecular weight excluding hydrogens is 312 g/mol. The molecule has 0 bridgehead atoms. The van der Waals surface area contributed by atoms with Gasteiger partial charge in [-0.3, -0.25) is 4.79 Å². The SMILES string of the molecule is C[C@@H](c1cccc(COC(=O)CCc2ccccc2)c1)c1cnc[nH]1. The normalized spacial score (nSPS) is 11.9. The van der Waals surface area contributed by atoms with E-state index in [1.165, 1.54) is 5.56 Å². The Hall–Kier alpha value is -2.88. The zero-order chi connectivity index (χ0) is 17.5. The highest BCUT2D eigenvalue weighted by atomic mass is 16.5. The van der Waals surface area contributed by atoms with Crippen LogP contribution in [0.15, 0.2) is 67.1 Å². The van der Waals surface area contributed by atoms with Gasteiger partial charge in [-0.15, -0.1) is 0 Å². The second-order valence-electron chi connectivity index (χ2n) is 6.12. The van der Waals surface area contributed by atoms with Crippen LogP contribution in [0.4, 0.5) is 0 Å². The Bertz CT molecular complexity index is 798. The quantitative estimate of drug-likeness (QED) is 0.658. The van der Waals surface area contributed by atoms with Gasteiger partial charge in [0.1, 0.15) is 6.61 Å². The first-order chi connectivity index (χ1) is 12.2. The van der Waals surface area contributed by atoms with Crippen LogP contribution < -0.4 is 0 Å². The van der Waals surface area contributed by atoms with Crippen molar-refractivity contribution in [2.24, 2.45) is 0 Å². The van der Waals surface area contributed by atoms with Gasteiger partial charge in [-0.25, -0.2) is 4.98 Å². The minimum atomic E-state index is -0.170. The van der Waals surface area contributed by atoms with Gasteiger partial charge >= 0.3 is 5.97 Å². The average molecular weight is 334 g/mol. The summed E-state index contributed by atoms with van der Waals surface area (Å²) in [6.45, 7) is 2.43. The van der Waals surface area contributed by atoms with Crippen LogP contribution in [-0.2, 0) is 22.6 Å². The minimum Gasteiger partial charge on any atom is -0.461 e. The number of hydrogen-bond acceptors (Lipinski definition) is 3. The number of aromatic nitrogens is 2. The van der Waals surface area contributed by atoms with Crippen molar-refractivity contribution in [3.05, 3.63) is 89.5 Å². The predicted octanol–water partition coefficient (Wildman–Crippen LogP) is 4.24. The maximum absolute atomic E-state index is 12.0. The molecular formula is C21H22N2O2. The van der Waals surface area contributed by atoms with Crippen molar-refractivity contribution >= 4 is 5.97 Å². The smallest absolute Gasteiger partial charge is 0.306 e. The number of aromatic amines is 1. The van der Waals surface area contributed by atoms with E-state index < -0.39 is 0 Å². The van der Waals surface area contributed by atoms with Gasteiger partial charge in [0.15, 0.2) is 0 Å². The molecule has 1 atom stereocenters. The number of hydrogen-bond donors (Lipinski definition) is 1. The monoisotopic (exact) mass is 334 g/mol. The van der Waals surface area contributed by atoms with E-state index in [9.17, 15) is 4.79 Å². The Morgan fingerprint density at radius 1 is 1.12 bits per heavy atom. The molecule has 2 aromatic carbocycles. The van der Waals surface area contributed by atoms with Gasteiger partial charge in [-0.05, 0) is 23.1 Å². The van der Waals surface area contributed by atoms with E-state index in [0.29, 0.717) is 19.4 Å². The molecule has 0 saturated heterocycles. The van der Waals surface area contributed by atoms with Crippen LogP contribution >= 0.6 is 0 Å². The first kappa shape index (κ1) is 17.0. The molecule has 0 unspecified atom stereocenters. The predicted molar refractivity (Wildman–Crippen MR) is 97.1 cm³/mol. The molecule has 0 aliphatic rings. The third kappa shape index (κ3) is 4.80. The minimum absolute atomic E-state index is 0.170. The molecule has 3 rings (SSSR count). The van der Waals surface area contributed by atoms with Crippen molar-refractivity contribution in [3.8, 4) is 0 Å². The molecule has 0 radical (unpaired) electrons. The molecule has 1 heterocycles. The molecule has 0 amide bonds. The zero-order valence-corrected chi connectivity index (χ0v) is 14.3. The summed E-state index contributed by atoms with van der Waals surface area (Å²) in [7, 11) is 0. The lowest BCUT2D eigenvalue weighted by Crippen LogP contribution is -2.06. The zero-order valence-electron chi connectivity index (χ0n) is 14.3. The van der Waals surface area contributed by atoms with Gasteiger partial charge in [0.05, 0.1) is 6.33 Å². The van der Waals surface area contributed by atoms with Crippen molar-refractivity contribution in [1.29, 1.82) is 0 Å². The highest BCUT2D eigenvalue weighted by Crippen LogP contribution is 2.23. The first-order valence-corrected chi connectivity index (χ1v) is 8.49. The Morgan fingerprint density at radius 2 is 1.92 bits per heavy atom. The van der Waals surface area contributed by atoms with E-state index in [2.05, 4.69) is 29.0 Å². The van der Waals surface area contributed by atoms with Crippen LogP contribution in [0.1, 0.15) is 41.6 Å². The molecule has 128 valence electrons. The number of carbonyl (C=O) groups is 1. The summed E-state index contributed by atoms with van der Waals surface area (Å²) in [4.78, 5) is 19.2. The lowest BCUT2D eigenvalue weighted by molar-refractivity contribution is -0.144. The van der Waals surface area contributed by atoms with Crippen LogP contribution in [0.3, 0.4) is 0 Å². The van der Waals surface area contributed by atoms with E-state index in [1.807, 2.05) is 48.7 Å². The molecule has 4 heteroatoms. The standard InChI is InChI=1S/C21H22N2O2/c1-16(20-13-22-15-23-20)19-9-5-8-18(12-19)14-25-21(24)11-10-17-6-3-2-4-7-17/h2-9,12-13,15-16H,10-11,14H2,1H3,(H,22,23)/t16-/m0/s1. The molecule has 0 spiro atoms. The van der Waals surface area contributed by atoms with Crippen LogP contribution in [-0.4, -0.2) is 15.9 Å². The fourth-order valence-corrected chi connectivity index (χ4v) is 2.76. The summed E-state index contributed by atoms with van der Waals surface area (Å²) in [5.74, 6) is 0.0482. The van der Waals surface area contributed by atoms with Gasteiger partial charge in [-0.2, -0.15) is 0 Å². The Morgan fingerprint density at radius 3 is 2.68 bits per heavy atom. The first-order valence-electron chi connectivity index (χ1n) is 8.49. The molecule has 0 fully saturated rings. The second-order valence-corrected chi connectivity index (χ2v) is 6.12. The van der Waals surface area contributed by atoms with Crippen LogP contribution in [0, 0.1) is 0 Å². The largest absolute Gasteiger partial charge is 0.461 e. The maximum atomic E-state index is 12.0. The van der Waals surface area contributed by atoms with Gasteiger partial charge in [0.2, 0.25) is 0 Å². The molecule has 0 aliphatic carbocycles. The van der Waals surface area contributed by atoms with Crippen molar-refractivity contribution in [1.82, 2.24) is 9.97 Å². The molecule has 25 heavy (non-hydrogen) atoms. The van der Waals surface area contributed by atoms with Crippen molar-refractivity contribution in [2.75, 3.05) is 0 Å². The summed E-state index contributed by atoms with van der Waals surface area (Å²) in [5.41, 5.74) is 4.38. The highest BCUT2D eigenvalue weighted by molar-refractivity contribution is 5.69. The molecule has 1 aromatic heterocycles. The van der Waals surface area contributed by atoms with E-state index in [-0.39, 0.29) is 11.9 Å². The highest BCUT2D eigenvalue weighted by Gasteiger charge is 2.11. The molecule has 0 aliphatic heterocycles. The fourth-order valence-electron chi connectivity index (χ4n) is 2.76. The van der Waals surface area contributed by atoms with E-state index in [0.717, 1.165) is 16.8 Å². The number of imidazole rings is 1. The number of H-pyrrole nitrogens is 1. The number of benzene rings is 2. The number of esters is 1. The van der Waals surface area contributed by atoms with E-state index >= 15 is 0 Å². The van der Waals surface area contributed by atoms with Gasteiger partial charge < -0.3 is 9.72 Å². The Kier molecular flexibility index (Phi) is 5.62. The third-order valence-corrected chi connectivity index (χ3v) is 4.30. The lowest BCUT2D eigenvalue weighted by Gasteiger charge is -2.12. The van der Waals surface area contributed by atoms with Gasteiger partial charge in [0.25, 0.3) is 0 Å². The van der Waals surface area contributed by atoms with Crippen molar-refractivity contribution < 1.29 is 9.53 Å². The number of aryl methyl sites for hydroxylation is 1. The third-order valence-electron chi connectivity index (χ3n) is 4.30. The summed E-state index contributed by atoms with van der Waals surface area (Å²) in [6.07, 6.45) is 4.62. The number of ether oxygens (including phenoxy) is 1. The summed E-state index contributed by atoms with van der Waals surface area (Å²) in [5, 5.41) is 0. The lowest BCUT2D eigenvalue weighted by atomic mass is 9.97. The summed E-state index contributed by atoms with van der Waals surface area (Å²) >= 11 is 0. The second kappa shape index (κ2) is 8.29. The van der Waals surface area contributed by atoms with E-state index in [1.54, 1.807) is 6.33 Å². The fraction of sp³-hybridized carbons (Fsp3) is 0.238.